The first-order valence-corrected chi connectivity index (χ1v) is 10.9. The number of rotatable bonds is 7. The fraction of sp³-hybridized carbons (Fsp3) is 0.375. The molecule has 168 valence electrons. The molecular formula is C24H29N5O3. The SMILES string of the molecule is COc1nn(C)cc1C(=O)N1CCN(CCNC(=O)Cc2cccc3ccccc23)CC1. The molecule has 0 saturated carbocycles. The minimum absolute atomic E-state index is 0.0267. The number of hydrogen-bond donors (Lipinski definition) is 1. The predicted molar refractivity (Wildman–Crippen MR) is 123 cm³/mol. The van der Waals surface area contributed by atoms with Crippen LogP contribution in [-0.2, 0) is 18.3 Å². The van der Waals surface area contributed by atoms with Gasteiger partial charge in [-0.2, -0.15) is 0 Å². The summed E-state index contributed by atoms with van der Waals surface area (Å²) in [6, 6.07) is 14.2. The van der Waals surface area contributed by atoms with Gasteiger partial charge in [0.2, 0.25) is 11.8 Å². The van der Waals surface area contributed by atoms with Gasteiger partial charge >= 0.3 is 0 Å². The molecule has 1 N–H and O–H groups in total. The quantitative estimate of drug-likeness (QED) is 0.611. The molecule has 1 aliphatic heterocycles. The molecule has 1 aromatic heterocycles. The van der Waals surface area contributed by atoms with Gasteiger partial charge in [-0.3, -0.25) is 19.2 Å². The van der Waals surface area contributed by atoms with E-state index in [9.17, 15) is 9.59 Å². The van der Waals surface area contributed by atoms with Crippen molar-refractivity contribution in [1.29, 1.82) is 0 Å². The molecule has 1 fully saturated rings. The van der Waals surface area contributed by atoms with Gasteiger partial charge in [-0.25, -0.2) is 0 Å². The summed E-state index contributed by atoms with van der Waals surface area (Å²) >= 11 is 0. The van der Waals surface area contributed by atoms with E-state index in [1.807, 2.05) is 29.2 Å². The third-order valence-electron chi connectivity index (χ3n) is 5.86. The highest BCUT2D eigenvalue weighted by Crippen LogP contribution is 2.19. The molecule has 2 amide bonds. The lowest BCUT2D eigenvalue weighted by molar-refractivity contribution is -0.120. The Morgan fingerprint density at radius 3 is 2.59 bits per heavy atom. The van der Waals surface area contributed by atoms with Crippen LogP contribution in [0, 0.1) is 0 Å². The van der Waals surface area contributed by atoms with Crippen molar-refractivity contribution in [3.8, 4) is 5.88 Å². The van der Waals surface area contributed by atoms with Gasteiger partial charge in [-0.15, -0.1) is 5.10 Å². The number of piperazine rings is 1. The van der Waals surface area contributed by atoms with Gasteiger partial charge in [0.05, 0.1) is 13.5 Å². The van der Waals surface area contributed by atoms with E-state index in [2.05, 4.69) is 33.5 Å². The highest BCUT2D eigenvalue weighted by molar-refractivity contribution is 5.96. The zero-order valence-electron chi connectivity index (χ0n) is 18.6. The number of fused-ring (bicyclic) bond motifs is 1. The van der Waals surface area contributed by atoms with Crippen molar-refractivity contribution in [1.82, 2.24) is 24.9 Å². The number of hydrogen-bond acceptors (Lipinski definition) is 5. The fourth-order valence-corrected chi connectivity index (χ4v) is 4.15. The smallest absolute Gasteiger partial charge is 0.261 e. The topological polar surface area (TPSA) is 79.7 Å². The van der Waals surface area contributed by atoms with Crippen molar-refractivity contribution in [2.24, 2.45) is 7.05 Å². The van der Waals surface area contributed by atoms with Gasteiger partial charge < -0.3 is 15.0 Å². The number of carbonyl (C=O) groups is 2. The Bertz CT molecular complexity index is 1100. The monoisotopic (exact) mass is 435 g/mol. The minimum Gasteiger partial charge on any atom is -0.479 e. The summed E-state index contributed by atoms with van der Waals surface area (Å²) in [5, 5.41) is 9.46. The van der Waals surface area contributed by atoms with E-state index in [1.165, 1.54) is 7.11 Å². The van der Waals surface area contributed by atoms with Crippen LogP contribution in [-0.4, -0.2) is 77.8 Å². The maximum absolute atomic E-state index is 12.8. The third kappa shape index (κ3) is 4.91. The van der Waals surface area contributed by atoms with E-state index in [1.54, 1.807) is 17.9 Å². The van der Waals surface area contributed by atoms with Crippen LogP contribution in [0.5, 0.6) is 5.88 Å². The van der Waals surface area contributed by atoms with Crippen LogP contribution in [0.15, 0.2) is 48.7 Å². The van der Waals surface area contributed by atoms with Crippen molar-refractivity contribution < 1.29 is 14.3 Å². The Balaban J connectivity index is 1.22. The van der Waals surface area contributed by atoms with Gasteiger partial charge in [0.1, 0.15) is 5.56 Å². The van der Waals surface area contributed by atoms with Crippen molar-refractivity contribution in [2.45, 2.75) is 6.42 Å². The number of ether oxygens (including phenoxy) is 1. The largest absolute Gasteiger partial charge is 0.479 e. The van der Waals surface area contributed by atoms with E-state index >= 15 is 0 Å². The summed E-state index contributed by atoms with van der Waals surface area (Å²) < 4.78 is 6.80. The molecule has 1 aliphatic rings. The summed E-state index contributed by atoms with van der Waals surface area (Å²) in [4.78, 5) is 29.3. The molecule has 32 heavy (non-hydrogen) atoms. The normalized spacial score (nSPS) is 14.5. The van der Waals surface area contributed by atoms with E-state index in [0.29, 0.717) is 37.5 Å². The molecule has 0 atom stereocenters. The average Bonchev–Trinajstić information content (AvgIpc) is 3.20. The van der Waals surface area contributed by atoms with Crippen LogP contribution >= 0.6 is 0 Å². The molecule has 1 saturated heterocycles. The molecule has 2 aromatic carbocycles. The summed E-state index contributed by atoms with van der Waals surface area (Å²) in [6.45, 7) is 4.18. The number of aryl methyl sites for hydroxylation is 1. The second-order valence-electron chi connectivity index (χ2n) is 8.02. The molecule has 8 nitrogen and oxygen atoms in total. The zero-order valence-corrected chi connectivity index (χ0v) is 18.6. The fourth-order valence-electron chi connectivity index (χ4n) is 4.15. The van der Waals surface area contributed by atoms with E-state index < -0.39 is 0 Å². The Hall–Kier alpha value is -3.39. The molecule has 4 rings (SSSR count). The standard InChI is InChI=1S/C24H29N5O3/c1-27-17-21(23(26-27)32-2)24(31)29-14-12-28(13-15-29)11-10-25-22(30)16-19-8-5-7-18-6-3-4-9-20(18)19/h3-9,17H,10-16H2,1-2H3,(H,25,30). The van der Waals surface area contributed by atoms with E-state index in [-0.39, 0.29) is 11.8 Å². The zero-order chi connectivity index (χ0) is 22.5. The van der Waals surface area contributed by atoms with Crippen LogP contribution in [0.25, 0.3) is 10.8 Å². The molecule has 8 heteroatoms. The number of carbonyl (C=O) groups excluding carboxylic acids is 2. The Kier molecular flexibility index (Phi) is 6.70. The van der Waals surface area contributed by atoms with Crippen molar-refractivity contribution >= 4 is 22.6 Å². The second kappa shape index (κ2) is 9.82. The molecular weight excluding hydrogens is 406 g/mol. The Labute approximate surface area is 187 Å². The molecule has 0 aliphatic carbocycles. The van der Waals surface area contributed by atoms with Crippen LogP contribution in [0.1, 0.15) is 15.9 Å². The first-order valence-electron chi connectivity index (χ1n) is 10.9. The van der Waals surface area contributed by atoms with Crippen molar-refractivity contribution in [3.05, 3.63) is 59.8 Å². The minimum atomic E-state index is -0.0574. The van der Waals surface area contributed by atoms with Gasteiger partial charge in [0, 0.05) is 52.5 Å². The van der Waals surface area contributed by atoms with E-state index in [4.69, 9.17) is 4.74 Å². The average molecular weight is 436 g/mol. The molecule has 0 unspecified atom stereocenters. The first-order chi connectivity index (χ1) is 15.5. The Morgan fingerprint density at radius 2 is 1.81 bits per heavy atom. The summed E-state index contributed by atoms with van der Waals surface area (Å²) in [5.41, 5.74) is 1.53. The maximum Gasteiger partial charge on any atom is 0.261 e. The van der Waals surface area contributed by atoms with Crippen LogP contribution < -0.4 is 10.1 Å². The highest BCUT2D eigenvalue weighted by Gasteiger charge is 2.26. The van der Waals surface area contributed by atoms with Crippen LogP contribution in [0.4, 0.5) is 0 Å². The van der Waals surface area contributed by atoms with E-state index in [0.717, 1.165) is 36.0 Å². The summed E-state index contributed by atoms with van der Waals surface area (Å²) in [6.07, 6.45) is 2.07. The third-order valence-corrected chi connectivity index (χ3v) is 5.86. The lowest BCUT2D eigenvalue weighted by Gasteiger charge is -2.34. The Morgan fingerprint density at radius 1 is 1.06 bits per heavy atom. The first kappa shape index (κ1) is 21.8. The number of nitrogens with zero attached hydrogens (tertiary/aromatic N) is 4. The molecule has 0 spiro atoms. The second-order valence-corrected chi connectivity index (χ2v) is 8.02. The molecule has 0 bridgehead atoms. The number of aromatic nitrogens is 2. The number of benzene rings is 2. The van der Waals surface area contributed by atoms with Crippen molar-refractivity contribution in [3.63, 3.8) is 0 Å². The van der Waals surface area contributed by atoms with Crippen molar-refractivity contribution in [2.75, 3.05) is 46.4 Å². The van der Waals surface area contributed by atoms with Crippen LogP contribution in [0.3, 0.4) is 0 Å². The van der Waals surface area contributed by atoms with Crippen LogP contribution in [0.2, 0.25) is 0 Å². The lowest BCUT2D eigenvalue weighted by atomic mass is 10.0. The van der Waals surface area contributed by atoms with Gasteiger partial charge in [0.15, 0.2) is 0 Å². The van der Waals surface area contributed by atoms with Gasteiger partial charge in [-0.1, -0.05) is 42.5 Å². The number of nitrogens with one attached hydrogen (secondary N) is 1. The molecule has 2 heterocycles. The lowest BCUT2D eigenvalue weighted by Crippen LogP contribution is -2.50. The number of amides is 2. The predicted octanol–water partition coefficient (Wildman–Crippen LogP) is 1.70. The summed E-state index contributed by atoms with van der Waals surface area (Å²) in [5.74, 6) is 0.325. The number of methoxy groups -OCH3 is 1. The van der Waals surface area contributed by atoms with Gasteiger partial charge in [0.25, 0.3) is 5.91 Å². The summed E-state index contributed by atoms with van der Waals surface area (Å²) in [7, 11) is 3.29. The highest BCUT2D eigenvalue weighted by atomic mass is 16.5. The maximum atomic E-state index is 12.8. The molecule has 0 radical (unpaired) electrons. The van der Waals surface area contributed by atoms with Gasteiger partial charge in [-0.05, 0) is 16.3 Å². The molecule has 3 aromatic rings.